The molecule has 0 bridgehead atoms. The minimum atomic E-state index is 0.130. The molecule has 1 fully saturated rings. The van der Waals surface area contributed by atoms with Gasteiger partial charge in [-0.2, -0.15) is 0 Å². The van der Waals surface area contributed by atoms with Crippen LogP contribution in [0.5, 0.6) is 5.75 Å². The molecule has 22 heavy (non-hydrogen) atoms. The summed E-state index contributed by atoms with van der Waals surface area (Å²) >= 11 is 5.98. The fourth-order valence-electron chi connectivity index (χ4n) is 3.14. The number of nitrogens with zero attached hydrogens (tertiary/aromatic N) is 2. The van der Waals surface area contributed by atoms with E-state index in [9.17, 15) is 10.2 Å². The lowest BCUT2D eigenvalue weighted by Crippen LogP contribution is -2.53. The summed E-state index contributed by atoms with van der Waals surface area (Å²) in [6.07, 6.45) is 0.819. The summed E-state index contributed by atoms with van der Waals surface area (Å²) in [5.41, 5.74) is 1.11. The number of aliphatic hydroxyl groups is 1. The average Bonchev–Trinajstić information content (AvgIpc) is 2.45. The molecule has 1 saturated heterocycles. The summed E-state index contributed by atoms with van der Waals surface area (Å²) in [4.78, 5) is 4.90. The molecule has 1 aromatic carbocycles. The topological polar surface area (TPSA) is 46.9 Å². The van der Waals surface area contributed by atoms with Gasteiger partial charge in [0.1, 0.15) is 5.75 Å². The van der Waals surface area contributed by atoms with Crippen LogP contribution in [0, 0.1) is 5.92 Å². The van der Waals surface area contributed by atoms with Crippen molar-refractivity contribution in [3.63, 3.8) is 0 Å². The Morgan fingerprint density at radius 2 is 2.09 bits per heavy atom. The quantitative estimate of drug-likeness (QED) is 0.843. The Kier molecular flexibility index (Phi) is 6.50. The van der Waals surface area contributed by atoms with Gasteiger partial charge < -0.3 is 10.2 Å². The van der Waals surface area contributed by atoms with E-state index >= 15 is 0 Å². The molecule has 5 heteroatoms. The van der Waals surface area contributed by atoms with Crippen molar-refractivity contribution in [2.24, 2.45) is 5.92 Å². The standard InChI is InChI=1S/C17H27ClN2O2/c1-13(2)10-20-7-6-19(12-15(20)5-8-21)11-14-3-4-17(22)16(18)9-14/h3-4,9,13,15,21-22H,5-8,10-12H2,1-2H3/t15-/m0/s1. The van der Waals surface area contributed by atoms with Gasteiger partial charge in [-0.1, -0.05) is 31.5 Å². The van der Waals surface area contributed by atoms with E-state index < -0.39 is 0 Å². The van der Waals surface area contributed by atoms with Crippen molar-refractivity contribution in [1.29, 1.82) is 0 Å². The van der Waals surface area contributed by atoms with Gasteiger partial charge in [-0.25, -0.2) is 0 Å². The Hall–Kier alpha value is -0.810. The number of hydrogen-bond acceptors (Lipinski definition) is 4. The van der Waals surface area contributed by atoms with Gasteiger partial charge in [-0.3, -0.25) is 9.80 Å². The largest absolute Gasteiger partial charge is 0.506 e. The zero-order valence-corrected chi connectivity index (χ0v) is 14.3. The second kappa shape index (κ2) is 8.16. The van der Waals surface area contributed by atoms with Gasteiger partial charge in [0.15, 0.2) is 0 Å². The van der Waals surface area contributed by atoms with Crippen molar-refractivity contribution in [3.05, 3.63) is 28.8 Å². The maximum Gasteiger partial charge on any atom is 0.134 e. The maximum absolute atomic E-state index is 9.50. The van der Waals surface area contributed by atoms with Crippen LogP contribution < -0.4 is 0 Å². The first-order valence-corrected chi connectivity index (χ1v) is 8.42. The lowest BCUT2D eigenvalue weighted by atomic mass is 10.1. The molecule has 1 aliphatic rings. The lowest BCUT2D eigenvalue weighted by Gasteiger charge is -2.42. The maximum atomic E-state index is 9.50. The molecule has 0 aliphatic carbocycles. The third-order valence-electron chi connectivity index (χ3n) is 4.17. The first-order chi connectivity index (χ1) is 10.5. The van der Waals surface area contributed by atoms with Gasteiger partial charge >= 0.3 is 0 Å². The Bertz CT molecular complexity index is 482. The zero-order chi connectivity index (χ0) is 16.1. The van der Waals surface area contributed by atoms with Gasteiger partial charge in [-0.15, -0.1) is 0 Å². The normalized spacial score (nSPS) is 20.7. The van der Waals surface area contributed by atoms with Crippen molar-refractivity contribution in [1.82, 2.24) is 9.80 Å². The van der Waals surface area contributed by atoms with Gasteiger partial charge in [0.05, 0.1) is 5.02 Å². The molecule has 0 spiro atoms. The first kappa shape index (κ1) is 17.5. The smallest absolute Gasteiger partial charge is 0.134 e. The highest BCUT2D eigenvalue weighted by molar-refractivity contribution is 6.32. The second-order valence-electron chi connectivity index (χ2n) is 6.58. The highest BCUT2D eigenvalue weighted by Crippen LogP contribution is 2.25. The number of hydrogen-bond donors (Lipinski definition) is 2. The van der Waals surface area contributed by atoms with Crippen molar-refractivity contribution < 1.29 is 10.2 Å². The molecule has 2 rings (SSSR count). The molecule has 2 N–H and O–H groups in total. The fourth-order valence-corrected chi connectivity index (χ4v) is 3.34. The first-order valence-electron chi connectivity index (χ1n) is 8.04. The number of aromatic hydroxyl groups is 1. The predicted molar refractivity (Wildman–Crippen MR) is 90.3 cm³/mol. The van der Waals surface area contributed by atoms with Crippen LogP contribution in [0.3, 0.4) is 0 Å². The minimum Gasteiger partial charge on any atom is -0.506 e. The van der Waals surface area contributed by atoms with Crippen LogP contribution in [-0.4, -0.2) is 58.8 Å². The number of phenols is 1. The molecular formula is C17H27ClN2O2. The number of phenolic OH excluding ortho intramolecular Hbond substituents is 1. The molecule has 1 atom stereocenters. The van der Waals surface area contributed by atoms with Crippen molar-refractivity contribution in [2.45, 2.75) is 32.9 Å². The van der Waals surface area contributed by atoms with Crippen LogP contribution in [0.4, 0.5) is 0 Å². The number of piperazine rings is 1. The molecule has 1 aliphatic heterocycles. The van der Waals surface area contributed by atoms with Crippen LogP contribution in [0.25, 0.3) is 0 Å². The Morgan fingerprint density at radius 1 is 1.32 bits per heavy atom. The third kappa shape index (κ3) is 4.85. The van der Waals surface area contributed by atoms with E-state index in [1.54, 1.807) is 6.07 Å². The molecule has 4 nitrogen and oxygen atoms in total. The summed E-state index contributed by atoms with van der Waals surface area (Å²) in [5.74, 6) is 0.772. The summed E-state index contributed by atoms with van der Waals surface area (Å²) in [5, 5.41) is 19.2. The lowest BCUT2D eigenvalue weighted by molar-refractivity contribution is 0.0477. The van der Waals surface area contributed by atoms with Crippen LogP contribution in [0.15, 0.2) is 18.2 Å². The molecular weight excluding hydrogens is 300 g/mol. The summed E-state index contributed by atoms with van der Waals surface area (Å²) in [6, 6.07) is 5.81. The van der Waals surface area contributed by atoms with E-state index in [1.165, 1.54) is 0 Å². The highest BCUT2D eigenvalue weighted by Gasteiger charge is 2.26. The van der Waals surface area contributed by atoms with Crippen LogP contribution in [-0.2, 0) is 6.54 Å². The Morgan fingerprint density at radius 3 is 2.73 bits per heavy atom. The molecule has 0 unspecified atom stereocenters. The number of rotatable bonds is 6. The van der Waals surface area contributed by atoms with Crippen LogP contribution >= 0.6 is 11.6 Å². The number of aliphatic hydroxyl groups excluding tert-OH is 1. The van der Waals surface area contributed by atoms with Gasteiger partial charge in [0, 0.05) is 45.4 Å². The highest BCUT2D eigenvalue weighted by atomic mass is 35.5. The van der Waals surface area contributed by atoms with E-state index in [2.05, 4.69) is 23.6 Å². The van der Waals surface area contributed by atoms with E-state index in [-0.39, 0.29) is 12.4 Å². The van der Waals surface area contributed by atoms with Crippen molar-refractivity contribution >= 4 is 11.6 Å². The molecule has 1 heterocycles. The van der Waals surface area contributed by atoms with E-state index in [1.807, 2.05) is 12.1 Å². The molecule has 0 aromatic heterocycles. The second-order valence-corrected chi connectivity index (χ2v) is 6.98. The Labute approximate surface area is 138 Å². The minimum absolute atomic E-state index is 0.130. The summed E-state index contributed by atoms with van der Waals surface area (Å²) < 4.78 is 0. The van der Waals surface area contributed by atoms with E-state index in [0.29, 0.717) is 17.0 Å². The van der Waals surface area contributed by atoms with Crippen molar-refractivity contribution in [3.8, 4) is 5.75 Å². The van der Waals surface area contributed by atoms with E-state index in [0.717, 1.165) is 44.7 Å². The van der Waals surface area contributed by atoms with Gasteiger partial charge in [0.25, 0.3) is 0 Å². The molecule has 0 radical (unpaired) electrons. The predicted octanol–water partition coefficient (Wildman–Crippen LogP) is 2.57. The zero-order valence-electron chi connectivity index (χ0n) is 13.5. The molecule has 0 saturated carbocycles. The van der Waals surface area contributed by atoms with Crippen LogP contribution in [0.2, 0.25) is 5.02 Å². The van der Waals surface area contributed by atoms with Crippen LogP contribution in [0.1, 0.15) is 25.8 Å². The number of halogens is 1. The average molecular weight is 327 g/mol. The van der Waals surface area contributed by atoms with Gasteiger partial charge in [0.2, 0.25) is 0 Å². The molecule has 1 aromatic rings. The molecule has 0 amide bonds. The van der Waals surface area contributed by atoms with Gasteiger partial charge in [-0.05, 0) is 30.0 Å². The molecule has 124 valence electrons. The fraction of sp³-hybridized carbons (Fsp3) is 0.647. The summed E-state index contributed by atoms with van der Waals surface area (Å²) in [7, 11) is 0. The summed E-state index contributed by atoms with van der Waals surface area (Å²) in [6.45, 7) is 9.65. The third-order valence-corrected chi connectivity index (χ3v) is 4.47. The Balaban J connectivity index is 1.97. The monoisotopic (exact) mass is 326 g/mol. The van der Waals surface area contributed by atoms with Crippen molar-refractivity contribution in [2.75, 3.05) is 32.8 Å². The van der Waals surface area contributed by atoms with E-state index in [4.69, 9.17) is 11.6 Å². The SMILES string of the molecule is CC(C)CN1CCN(Cc2ccc(O)c(Cl)c2)C[C@@H]1CCO. The number of benzene rings is 1.